The van der Waals surface area contributed by atoms with Gasteiger partial charge < -0.3 is 5.11 Å². The van der Waals surface area contributed by atoms with E-state index in [0.717, 1.165) is 6.42 Å². The molecule has 0 radical (unpaired) electrons. The number of amides is 1. The van der Waals surface area contributed by atoms with Gasteiger partial charge in [0.25, 0.3) is 0 Å². The molecule has 1 amide bonds. The van der Waals surface area contributed by atoms with E-state index in [0.29, 0.717) is 18.5 Å². The summed E-state index contributed by atoms with van der Waals surface area (Å²) < 4.78 is 0. The summed E-state index contributed by atoms with van der Waals surface area (Å²) in [6.45, 7) is -0.159. The van der Waals surface area contributed by atoms with Gasteiger partial charge in [-0.05, 0) is 31.4 Å². The Kier molecular flexibility index (Phi) is 4.55. The van der Waals surface area contributed by atoms with Crippen molar-refractivity contribution in [1.29, 1.82) is 5.26 Å². The fraction of sp³-hybridized carbons (Fsp3) is 0.400. The van der Waals surface area contributed by atoms with Gasteiger partial charge in [-0.2, -0.15) is 5.26 Å². The summed E-state index contributed by atoms with van der Waals surface area (Å²) in [5.74, 6) is -1.23. The number of anilines is 1. The van der Waals surface area contributed by atoms with Crippen LogP contribution in [0.5, 0.6) is 0 Å². The first-order valence-electron chi connectivity index (χ1n) is 6.80. The van der Waals surface area contributed by atoms with Gasteiger partial charge in [-0.15, -0.1) is 0 Å². The molecule has 0 aromatic heterocycles. The average Bonchev–Trinajstić information content (AvgIpc) is 2.44. The summed E-state index contributed by atoms with van der Waals surface area (Å²) in [6.07, 6.45) is 1.90. The number of para-hydroxylation sites is 1. The van der Waals surface area contributed by atoms with Gasteiger partial charge in [0.05, 0.1) is 12.6 Å². The highest BCUT2D eigenvalue weighted by Crippen LogP contribution is 2.31. The van der Waals surface area contributed by atoms with E-state index in [4.69, 9.17) is 5.26 Å². The molecule has 6 heteroatoms. The highest BCUT2D eigenvalue weighted by Gasteiger charge is 2.44. The summed E-state index contributed by atoms with van der Waals surface area (Å²) in [7, 11) is 0. The number of nitrogens with one attached hydrogen (secondary N) is 1. The number of hydrogen-bond donors (Lipinski definition) is 2. The summed E-state index contributed by atoms with van der Waals surface area (Å²) in [6, 6.07) is 10.8. The lowest BCUT2D eigenvalue weighted by Gasteiger charge is -2.38. The van der Waals surface area contributed by atoms with E-state index >= 15 is 0 Å². The molecule has 0 unspecified atom stereocenters. The highest BCUT2D eigenvalue weighted by molar-refractivity contribution is 5.95. The number of carbonyl (C=O) groups excluding carboxylic acids is 1. The van der Waals surface area contributed by atoms with Crippen LogP contribution >= 0.6 is 0 Å². The van der Waals surface area contributed by atoms with Crippen molar-refractivity contribution in [3.05, 3.63) is 30.3 Å². The maximum absolute atomic E-state index is 12.3. The molecule has 0 atom stereocenters. The maximum Gasteiger partial charge on any atom is 0.323 e. The minimum Gasteiger partial charge on any atom is -0.480 e. The van der Waals surface area contributed by atoms with Gasteiger partial charge in [0.2, 0.25) is 5.91 Å². The largest absolute Gasteiger partial charge is 0.480 e. The fourth-order valence-corrected chi connectivity index (χ4v) is 2.34. The second kappa shape index (κ2) is 6.37. The Morgan fingerprint density at radius 2 is 2.00 bits per heavy atom. The van der Waals surface area contributed by atoms with Crippen LogP contribution in [0.15, 0.2) is 30.3 Å². The standard InChI is InChI=1S/C15H17N3O3/c16-9-10-18(12-5-2-1-3-6-12)13(19)11-17-15(14(20)21)7-4-8-15/h1-3,5-6,17H,4,7-8,10-11H2,(H,20,21). The van der Waals surface area contributed by atoms with Crippen molar-refractivity contribution in [2.75, 3.05) is 18.0 Å². The van der Waals surface area contributed by atoms with Gasteiger partial charge in [-0.1, -0.05) is 18.2 Å². The molecular formula is C15H17N3O3. The molecule has 1 aromatic rings. The van der Waals surface area contributed by atoms with Gasteiger partial charge in [0.15, 0.2) is 0 Å². The average molecular weight is 287 g/mol. The van der Waals surface area contributed by atoms with Crippen molar-refractivity contribution in [3.8, 4) is 6.07 Å². The molecule has 0 spiro atoms. The number of nitriles is 1. The highest BCUT2D eigenvalue weighted by atomic mass is 16.4. The third-order valence-corrected chi connectivity index (χ3v) is 3.79. The number of aliphatic carboxylic acids is 1. The summed E-state index contributed by atoms with van der Waals surface area (Å²) in [5, 5.41) is 20.9. The first kappa shape index (κ1) is 15.0. The molecule has 1 aromatic carbocycles. The fourth-order valence-electron chi connectivity index (χ4n) is 2.34. The lowest BCUT2D eigenvalue weighted by molar-refractivity contribution is -0.148. The number of carboxylic acid groups (broad SMARTS) is 1. The van der Waals surface area contributed by atoms with Crippen molar-refractivity contribution >= 4 is 17.6 Å². The Bertz CT molecular complexity index is 561. The van der Waals surface area contributed by atoms with E-state index in [9.17, 15) is 14.7 Å². The van der Waals surface area contributed by atoms with E-state index in [-0.39, 0.29) is 19.0 Å². The van der Waals surface area contributed by atoms with Gasteiger partial charge in [-0.3, -0.25) is 19.8 Å². The number of carbonyl (C=O) groups is 2. The second-order valence-electron chi connectivity index (χ2n) is 5.07. The molecule has 0 aliphatic heterocycles. The lowest BCUT2D eigenvalue weighted by atomic mass is 9.77. The maximum atomic E-state index is 12.3. The molecule has 0 saturated heterocycles. The third-order valence-electron chi connectivity index (χ3n) is 3.79. The van der Waals surface area contributed by atoms with Crippen LogP contribution in [0.25, 0.3) is 0 Å². The quantitative estimate of drug-likeness (QED) is 0.765. The summed E-state index contributed by atoms with van der Waals surface area (Å²) >= 11 is 0. The molecule has 0 heterocycles. The second-order valence-corrected chi connectivity index (χ2v) is 5.07. The summed E-state index contributed by atoms with van der Waals surface area (Å²) in [4.78, 5) is 24.9. The van der Waals surface area contributed by atoms with Crippen molar-refractivity contribution < 1.29 is 14.7 Å². The first-order valence-corrected chi connectivity index (χ1v) is 6.80. The monoisotopic (exact) mass is 287 g/mol. The van der Waals surface area contributed by atoms with Gasteiger partial charge >= 0.3 is 5.97 Å². The van der Waals surface area contributed by atoms with Gasteiger partial charge in [-0.25, -0.2) is 0 Å². The van der Waals surface area contributed by atoms with Crippen LogP contribution in [0.4, 0.5) is 5.69 Å². The third kappa shape index (κ3) is 3.20. The van der Waals surface area contributed by atoms with E-state index < -0.39 is 11.5 Å². The van der Waals surface area contributed by atoms with E-state index in [1.165, 1.54) is 4.90 Å². The zero-order chi connectivity index (χ0) is 15.3. The normalized spacial score (nSPS) is 15.6. The van der Waals surface area contributed by atoms with Crippen molar-refractivity contribution in [3.63, 3.8) is 0 Å². The van der Waals surface area contributed by atoms with Crippen molar-refractivity contribution in [2.45, 2.75) is 24.8 Å². The predicted octanol–water partition coefficient (Wildman–Crippen LogP) is 1.14. The van der Waals surface area contributed by atoms with Gasteiger partial charge in [0.1, 0.15) is 12.1 Å². The first-order chi connectivity index (χ1) is 10.1. The SMILES string of the molecule is N#CCN(C(=O)CNC1(C(=O)O)CCC1)c1ccccc1. The van der Waals surface area contributed by atoms with Crippen LogP contribution in [0, 0.1) is 11.3 Å². The molecule has 2 rings (SSSR count). The van der Waals surface area contributed by atoms with Crippen LogP contribution in [0.2, 0.25) is 0 Å². The smallest absolute Gasteiger partial charge is 0.323 e. The molecule has 1 fully saturated rings. The van der Waals surface area contributed by atoms with Crippen LogP contribution in [0.3, 0.4) is 0 Å². The van der Waals surface area contributed by atoms with E-state index in [1.807, 2.05) is 12.1 Å². The molecule has 6 nitrogen and oxygen atoms in total. The Morgan fingerprint density at radius 1 is 1.33 bits per heavy atom. The van der Waals surface area contributed by atoms with Crippen LogP contribution in [-0.4, -0.2) is 35.6 Å². The molecule has 0 bridgehead atoms. The zero-order valence-electron chi connectivity index (χ0n) is 11.6. The Balaban J connectivity index is 2.03. The molecule has 1 aliphatic carbocycles. The zero-order valence-corrected chi connectivity index (χ0v) is 11.6. The van der Waals surface area contributed by atoms with E-state index in [1.54, 1.807) is 24.3 Å². The molecule has 2 N–H and O–H groups in total. The van der Waals surface area contributed by atoms with Gasteiger partial charge in [0, 0.05) is 5.69 Å². The molecule has 21 heavy (non-hydrogen) atoms. The molecule has 1 aliphatic rings. The number of hydrogen-bond acceptors (Lipinski definition) is 4. The number of rotatable bonds is 6. The topological polar surface area (TPSA) is 93.4 Å². The van der Waals surface area contributed by atoms with Crippen LogP contribution in [-0.2, 0) is 9.59 Å². The Morgan fingerprint density at radius 3 is 2.48 bits per heavy atom. The minimum absolute atomic E-state index is 0.0649. The molecular weight excluding hydrogens is 270 g/mol. The van der Waals surface area contributed by atoms with Crippen molar-refractivity contribution in [2.24, 2.45) is 0 Å². The Hall–Kier alpha value is -2.39. The number of benzene rings is 1. The number of nitrogens with zero attached hydrogens (tertiary/aromatic N) is 2. The van der Waals surface area contributed by atoms with Crippen LogP contribution < -0.4 is 10.2 Å². The van der Waals surface area contributed by atoms with Crippen LogP contribution in [0.1, 0.15) is 19.3 Å². The summed E-state index contributed by atoms with van der Waals surface area (Å²) in [5.41, 5.74) is -0.353. The molecule has 1 saturated carbocycles. The minimum atomic E-state index is -0.981. The lowest BCUT2D eigenvalue weighted by Crippen LogP contribution is -2.59. The number of carboxylic acids is 1. The Labute approximate surface area is 123 Å². The predicted molar refractivity (Wildman–Crippen MR) is 76.6 cm³/mol. The molecule has 110 valence electrons. The van der Waals surface area contributed by atoms with Crippen molar-refractivity contribution in [1.82, 2.24) is 5.32 Å². The van der Waals surface area contributed by atoms with E-state index in [2.05, 4.69) is 5.32 Å².